The van der Waals surface area contributed by atoms with Crippen LogP contribution in [0, 0.1) is 6.92 Å². The van der Waals surface area contributed by atoms with Crippen molar-refractivity contribution in [2.45, 2.75) is 32.4 Å². The van der Waals surface area contributed by atoms with Crippen molar-refractivity contribution in [2.75, 3.05) is 19.6 Å². The third kappa shape index (κ3) is 4.72. The van der Waals surface area contributed by atoms with Crippen LogP contribution in [0.15, 0.2) is 73.7 Å². The molecule has 1 fully saturated rings. The summed E-state index contributed by atoms with van der Waals surface area (Å²) in [6, 6.07) is 12.9. The predicted octanol–water partition coefficient (Wildman–Crippen LogP) is 3.28. The molecule has 0 radical (unpaired) electrons. The van der Waals surface area contributed by atoms with Gasteiger partial charge in [-0.05, 0) is 48.7 Å². The molecule has 0 spiro atoms. The topological polar surface area (TPSA) is 71.3 Å². The number of aryl methyl sites for hydroxylation is 1. The molecule has 1 aromatic carbocycles. The van der Waals surface area contributed by atoms with Gasteiger partial charge in [0.15, 0.2) is 0 Å². The molecule has 7 nitrogen and oxygen atoms in total. The van der Waals surface area contributed by atoms with Gasteiger partial charge in [0.1, 0.15) is 12.1 Å². The molecule has 0 saturated carbocycles. The summed E-state index contributed by atoms with van der Waals surface area (Å²) in [5, 5.41) is 4.30. The molecule has 170 valence electrons. The maximum atomic E-state index is 13.5. The monoisotopic (exact) mass is 443 g/mol. The molecular formula is C26H29N5O2. The largest absolute Gasteiger partial charge is 0.335 e. The number of aromatic nitrogens is 3. The van der Waals surface area contributed by atoms with Crippen LogP contribution in [0.1, 0.15) is 24.2 Å². The summed E-state index contributed by atoms with van der Waals surface area (Å²) >= 11 is 0. The Morgan fingerprint density at radius 2 is 1.79 bits per heavy atom. The van der Waals surface area contributed by atoms with Crippen LogP contribution >= 0.6 is 0 Å². The Labute approximate surface area is 194 Å². The van der Waals surface area contributed by atoms with E-state index in [2.05, 4.69) is 16.7 Å². The average Bonchev–Trinajstić information content (AvgIpc) is 3.27. The Kier molecular flexibility index (Phi) is 6.68. The summed E-state index contributed by atoms with van der Waals surface area (Å²) < 4.78 is 1.71. The van der Waals surface area contributed by atoms with Crippen molar-refractivity contribution in [1.82, 2.24) is 24.6 Å². The van der Waals surface area contributed by atoms with E-state index < -0.39 is 12.1 Å². The van der Waals surface area contributed by atoms with E-state index in [1.807, 2.05) is 56.3 Å². The molecule has 2 aromatic heterocycles. The smallest absolute Gasteiger partial charge is 0.247 e. The van der Waals surface area contributed by atoms with Crippen molar-refractivity contribution in [3.8, 4) is 11.1 Å². The summed E-state index contributed by atoms with van der Waals surface area (Å²) in [6.45, 7) is 9.00. The molecule has 7 heteroatoms. The first-order valence-electron chi connectivity index (χ1n) is 11.2. The second kappa shape index (κ2) is 9.81. The highest BCUT2D eigenvalue weighted by Crippen LogP contribution is 2.23. The highest BCUT2D eigenvalue weighted by molar-refractivity contribution is 5.90. The molecule has 3 aromatic rings. The maximum Gasteiger partial charge on any atom is 0.247 e. The molecule has 2 amide bonds. The summed E-state index contributed by atoms with van der Waals surface area (Å²) in [5.41, 5.74) is 4.09. The van der Waals surface area contributed by atoms with Crippen molar-refractivity contribution in [3.63, 3.8) is 0 Å². The van der Waals surface area contributed by atoms with Crippen molar-refractivity contribution in [1.29, 1.82) is 0 Å². The van der Waals surface area contributed by atoms with Gasteiger partial charge in [-0.1, -0.05) is 30.3 Å². The molecule has 0 N–H and O–H groups in total. The summed E-state index contributed by atoms with van der Waals surface area (Å²) in [4.78, 5) is 34.4. The second-order valence-corrected chi connectivity index (χ2v) is 8.35. The quantitative estimate of drug-likeness (QED) is 0.526. The molecule has 4 rings (SSSR count). The molecular weight excluding hydrogens is 414 g/mol. The normalized spacial score (nSPS) is 17.2. The third-order valence-electron chi connectivity index (χ3n) is 6.21. The number of amides is 2. The number of nitrogens with zero attached hydrogens (tertiary/aromatic N) is 5. The lowest BCUT2D eigenvalue weighted by Gasteiger charge is -2.41. The molecule has 0 bridgehead atoms. The Morgan fingerprint density at radius 1 is 1.09 bits per heavy atom. The van der Waals surface area contributed by atoms with Gasteiger partial charge in [-0.15, -0.1) is 6.58 Å². The number of hydrogen-bond acceptors (Lipinski definition) is 4. The summed E-state index contributed by atoms with van der Waals surface area (Å²) in [7, 11) is 0. The van der Waals surface area contributed by atoms with Crippen LogP contribution in [-0.4, -0.2) is 62.1 Å². The Balaban J connectivity index is 1.58. The third-order valence-corrected chi connectivity index (χ3v) is 6.21. The molecule has 0 unspecified atom stereocenters. The van der Waals surface area contributed by atoms with Crippen LogP contribution < -0.4 is 0 Å². The highest BCUT2D eigenvalue weighted by atomic mass is 16.2. The van der Waals surface area contributed by atoms with Gasteiger partial charge in [-0.3, -0.25) is 19.3 Å². The first-order chi connectivity index (χ1) is 16.0. The minimum Gasteiger partial charge on any atom is -0.335 e. The molecule has 1 aliphatic rings. The van der Waals surface area contributed by atoms with Crippen LogP contribution in [0.5, 0.6) is 0 Å². The van der Waals surface area contributed by atoms with E-state index in [0.29, 0.717) is 26.1 Å². The van der Waals surface area contributed by atoms with Gasteiger partial charge in [0.05, 0.1) is 0 Å². The van der Waals surface area contributed by atoms with Crippen molar-refractivity contribution < 1.29 is 9.59 Å². The average molecular weight is 444 g/mol. The van der Waals surface area contributed by atoms with Crippen LogP contribution in [0.25, 0.3) is 11.1 Å². The van der Waals surface area contributed by atoms with Gasteiger partial charge < -0.3 is 9.80 Å². The SMILES string of the molecule is C=CCN1CCN(C(=O)[C@H](C)n2nccc2C)[C@H](Cc2ccc(-c3ccncc3)cc2)C1=O. The zero-order valence-electron chi connectivity index (χ0n) is 19.1. The van der Waals surface area contributed by atoms with E-state index in [0.717, 1.165) is 22.4 Å². The number of rotatable bonds is 7. The fourth-order valence-electron chi connectivity index (χ4n) is 4.37. The summed E-state index contributed by atoms with van der Waals surface area (Å²) in [6.07, 6.45) is 7.41. The predicted molar refractivity (Wildman–Crippen MR) is 127 cm³/mol. The maximum absolute atomic E-state index is 13.5. The van der Waals surface area contributed by atoms with Crippen LogP contribution in [0.4, 0.5) is 0 Å². The minimum absolute atomic E-state index is 0.0444. The van der Waals surface area contributed by atoms with E-state index in [1.54, 1.807) is 39.1 Å². The lowest BCUT2D eigenvalue weighted by Crippen LogP contribution is -2.60. The zero-order valence-corrected chi connectivity index (χ0v) is 19.1. The van der Waals surface area contributed by atoms with Gasteiger partial charge in [-0.25, -0.2) is 0 Å². The van der Waals surface area contributed by atoms with E-state index in [4.69, 9.17) is 0 Å². The van der Waals surface area contributed by atoms with Gasteiger partial charge in [0, 0.05) is 50.3 Å². The molecule has 1 saturated heterocycles. The van der Waals surface area contributed by atoms with E-state index in [9.17, 15) is 9.59 Å². The Morgan fingerprint density at radius 3 is 2.42 bits per heavy atom. The van der Waals surface area contributed by atoms with E-state index in [-0.39, 0.29) is 11.8 Å². The molecule has 2 atom stereocenters. The van der Waals surface area contributed by atoms with Gasteiger partial charge in [-0.2, -0.15) is 5.10 Å². The number of benzene rings is 1. The number of hydrogen-bond donors (Lipinski definition) is 0. The van der Waals surface area contributed by atoms with Crippen LogP contribution in [0.2, 0.25) is 0 Å². The van der Waals surface area contributed by atoms with Crippen LogP contribution in [-0.2, 0) is 16.0 Å². The van der Waals surface area contributed by atoms with Crippen molar-refractivity contribution >= 4 is 11.8 Å². The van der Waals surface area contributed by atoms with Gasteiger partial charge >= 0.3 is 0 Å². The van der Waals surface area contributed by atoms with Gasteiger partial charge in [0.2, 0.25) is 11.8 Å². The first kappa shape index (κ1) is 22.5. The number of piperazine rings is 1. The lowest BCUT2D eigenvalue weighted by molar-refractivity contribution is -0.152. The molecule has 1 aliphatic heterocycles. The van der Waals surface area contributed by atoms with E-state index >= 15 is 0 Å². The highest BCUT2D eigenvalue weighted by Gasteiger charge is 2.39. The molecule has 0 aliphatic carbocycles. The van der Waals surface area contributed by atoms with Gasteiger partial charge in [0.25, 0.3) is 0 Å². The standard InChI is InChI=1S/C26H29N5O2/c1-4-15-29-16-17-30(25(32)20(3)31-19(2)9-14-28-31)24(26(29)33)18-21-5-7-22(8-6-21)23-10-12-27-13-11-23/h4-14,20,24H,1,15-18H2,2-3H3/t20-,24+/m0/s1. The molecule has 3 heterocycles. The minimum atomic E-state index is -0.559. The Bertz CT molecular complexity index is 1120. The van der Waals surface area contributed by atoms with Crippen molar-refractivity contribution in [2.24, 2.45) is 0 Å². The lowest BCUT2D eigenvalue weighted by atomic mass is 9.98. The number of carbonyl (C=O) groups is 2. The van der Waals surface area contributed by atoms with Crippen LogP contribution in [0.3, 0.4) is 0 Å². The second-order valence-electron chi connectivity index (χ2n) is 8.35. The van der Waals surface area contributed by atoms with Crippen molar-refractivity contribution in [3.05, 3.63) is 85.0 Å². The first-order valence-corrected chi connectivity index (χ1v) is 11.2. The fourth-order valence-corrected chi connectivity index (χ4v) is 4.37. The number of pyridine rings is 1. The number of carbonyl (C=O) groups excluding carboxylic acids is 2. The fraction of sp³-hybridized carbons (Fsp3) is 0.308. The molecule has 33 heavy (non-hydrogen) atoms. The Hall–Kier alpha value is -3.74. The summed E-state index contributed by atoms with van der Waals surface area (Å²) in [5.74, 6) is -0.135. The zero-order chi connectivity index (χ0) is 23.4. The van der Waals surface area contributed by atoms with E-state index in [1.165, 1.54) is 0 Å².